The van der Waals surface area contributed by atoms with Crippen LogP contribution in [0.5, 0.6) is 0 Å². The van der Waals surface area contributed by atoms with Gasteiger partial charge < -0.3 is 10.3 Å². The summed E-state index contributed by atoms with van der Waals surface area (Å²) in [5.41, 5.74) is 1.89. The summed E-state index contributed by atoms with van der Waals surface area (Å²) < 4.78 is 12.9. The summed E-state index contributed by atoms with van der Waals surface area (Å²) in [5.74, 6) is 0.516. The molecule has 0 aliphatic heterocycles. The molecular formula is C11H12FN3. The highest BCUT2D eigenvalue weighted by molar-refractivity contribution is 5.28. The number of hydrogen-bond donors (Lipinski definition) is 2. The smallest absolute Gasteiger partial charge is 0.200 e. The lowest BCUT2D eigenvalue weighted by Crippen LogP contribution is -1.92. The highest BCUT2D eigenvalue weighted by Crippen LogP contribution is 2.10. The van der Waals surface area contributed by atoms with Gasteiger partial charge in [0.2, 0.25) is 0 Å². The van der Waals surface area contributed by atoms with Crippen molar-refractivity contribution in [3.05, 3.63) is 47.5 Å². The van der Waals surface area contributed by atoms with Crippen molar-refractivity contribution >= 4 is 5.95 Å². The number of nitrogens with zero attached hydrogens (tertiary/aromatic N) is 1. The highest BCUT2D eigenvalue weighted by atomic mass is 19.1. The van der Waals surface area contributed by atoms with Gasteiger partial charge in [0, 0.05) is 19.2 Å². The van der Waals surface area contributed by atoms with E-state index in [1.807, 2.05) is 6.07 Å². The summed E-state index contributed by atoms with van der Waals surface area (Å²) >= 11 is 0. The quantitative estimate of drug-likeness (QED) is 0.806. The van der Waals surface area contributed by atoms with E-state index >= 15 is 0 Å². The van der Waals surface area contributed by atoms with Crippen LogP contribution in [0, 0.1) is 5.82 Å². The Morgan fingerprint density at radius 2 is 2.33 bits per heavy atom. The monoisotopic (exact) mass is 205 g/mol. The molecule has 0 amide bonds. The van der Waals surface area contributed by atoms with Crippen LogP contribution in [0.2, 0.25) is 0 Å². The highest BCUT2D eigenvalue weighted by Gasteiger charge is 2.01. The number of aromatic nitrogens is 2. The molecule has 2 aromatic rings. The van der Waals surface area contributed by atoms with Gasteiger partial charge in [0.25, 0.3) is 0 Å². The zero-order chi connectivity index (χ0) is 10.7. The lowest BCUT2D eigenvalue weighted by atomic mass is 10.1. The lowest BCUT2D eigenvalue weighted by molar-refractivity contribution is 0.626. The number of H-pyrrole nitrogens is 1. The van der Waals surface area contributed by atoms with Gasteiger partial charge in [-0.2, -0.15) is 0 Å². The molecule has 0 unspecified atom stereocenters. The van der Waals surface area contributed by atoms with E-state index in [1.54, 1.807) is 19.3 Å². The number of rotatable bonds is 3. The van der Waals surface area contributed by atoms with Crippen molar-refractivity contribution in [2.75, 3.05) is 12.4 Å². The van der Waals surface area contributed by atoms with Gasteiger partial charge >= 0.3 is 0 Å². The van der Waals surface area contributed by atoms with Gasteiger partial charge in [-0.1, -0.05) is 12.1 Å². The van der Waals surface area contributed by atoms with Crippen LogP contribution in [0.1, 0.15) is 11.3 Å². The topological polar surface area (TPSA) is 40.7 Å². The van der Waals surface area contributed by atoms with Gasteiger partial charge in [0.15, 0.2) is 5.95 Å². The first-order chi connectivity index (χ1) is 7.28. The van der Waals surface area contributed by atoms with Gasteiger partial charge in [-0.3, -0.25) is 0 Å². The first-order valence-electron chi connectivity index (χ1n) is 4.74. The van der Waals surface area contributed by atoms with Crippen LogP contribution in [-0.2, 0) is 6.42 Å². The van der Waals surface area contributed by atoms with E-state index in [1.165, 1.54) is 12.1 Å². The number of halogens is 1. The van der Waals surface area contributed by atoms with Crippen molar-refractivity contribution in [2.24, 2.45) is 0 Å². The third-order valence-corrected chi connectivity index (χ3v) is 2.15. The van der Waals surface area contributed by atoms with Gasteiger partial charge in [0.05, 0.1) is 6.20 Å². The molecule has 0 aliphatic carbocycles. The van der Waals surface area contributed by atoms with Crippen LogP contribution in [0.25, 0.3) is 0 Å². The minimum atomic E-state index is -0.208. The predicted molar refractivity (Wildman–Crippen MR) is 57.3 cm³/mol. The van der Waals surface area contributed by atoms with E-state index in [0.29, 0.717) is 6.42 Å². The molecule has 0 bridgehead atoms. The Kier molecular flexibility index (Phi) is 2.67. The molecule has 0 spiro atoms. The molecule has 0 saturated carbocycles. The number of aromatic amines is 1. The maximum atomic E-state index is 12.9. The molecule has 15 heavy (non-hydrogen) atoms. The standard InChI is InChI=1S/C11H12FN3/c1-13-11-14-7-10(15-11)6-8-3-2-4-9(12)5-8/h2-5,7H,6H2,1H3,(H2,13,14,15). The molecule has 1 heterocycles. The van der Waals surface area contributed by atoms with E-state index in [4.69, 9.17) is 0 Å². The first kappa shape index (κ1) is 9.71. The lowest BCUT2D eigenvalue weighted by Gasteiger charge is -1.98. The maximum absolute atomic E-state index is 12.9. The van der Waals surface area contributed by atoms with E-state index in [0.717, 1.165) is 17.2 Å². The molecule has 0 fully saturated rings. The summed E-state index contributed by atoms with van der Waals surface area (Å²) in [4.78, 5) is 7.18. The molecule has 0 saturated heterocycles. The summed E-state index contributed by atoms with van der Waals surface area (Å²) in [7, 11) is 1.80. The Morgan fingerprint density at radius 1 is 1.47 bits per heavy atom. The van der Waals surface area contributed by atoms with Gasteiger partial charge in [-0.15, -0.1) is 0 Å². The summed E-state index contributed by atoms with van der Waals surface area (Å²) in [6, 6.07) is 6.57. The number of imidazole rings is 1. The fourth-order valence-corrected chi connectivity index (χ4v) is 1.44. The van der Waals surface area contributed by atoms with Crippen molar-refractivity contribution in [3.8, 4) is 0 Å². The largest absolute Gasteiger partial charge is 0.359 e. The minimum absolute atomic E-state index is 0.208. The second kappa shape index (κ2) is 4.13. The van der Waals surface area contributed by atoms with Crippen molar-refractivity contribution in [1.82, 2.24) is 9.97 Å². The second-order valence-electron chi connectivity index (χ2n) is 3.31. The molecule has 78 valence electrons. The second-order valence-corrected chi connectivity index (χ2v) is 3.31. The van der Waals surface area contributed by atoms with Crippen molar-refractivity contribution in [1.29, 1.82) is 0 Å². The third-order valence-electron chi connectivity index (χ3n) is 2.15. The SMILES string of the molecule is CNc1ncc(Cc2cccc(F)c2)[nH]1. The fourth-order valence-electron chi connectivity index (χ4n) is 1.44. The van der Waals surface area contributed by atoms with Crippen LogP contribution >= 0.6 is 0 Å². The molecule has 2 N–H and O–H groups in total. The van der Waals surface area contributed by atoms with Crippen LogP contribution in [0.4, 0.5) is 10.3 Å². The molecular weight excluding hydrogens is 193 g/mol. The van der Waals surface area contributed by atoms with Crippen molar-refractivity contribution < 1.29 is 4.39 Å². The molecule has 1 aromatic carbocycles. The average Bonchev–Trinajstić information content (AvgIpc) is 2.65. The summed E-state index contributed by atoms with van der Waals surface area (Å²) in [6.07, 6.45) is 2.41. The Balaban J connectivity index is 2.14. The number of benzene rings is 1. The van der Waals surface area contributed by atoms with Gasteiger partial charge in [0.1, 0.15) is 5.82 Å². The number of nitrogens with one attached hydrogen (secondary N) is 2. The first-order valence-corrected chi connectivity index (χ1v) is 4.74. The van der Waals surface area contributed by atoms with Crippen LogP contribution in [0.3, 0.4) is 0 Å². The van der Waals surface area contributed by atoms with Crippen molar-refractivity contribution in [3.63, 3.8) is 0 Å². The molecule has 0 radical (unpaired) electrons. The minimum Gasteiger partial charge on any atom is -0.359 e. The normalized spacial score (nSPS) is 10.3. The molecule has 4 heteroatoms. The summed E-state index contributed by atoms with van der Waals surface area (Å²) in [5, 5.41) is 2.90. The van der Waals surface area contributed by atoms with Crippen LogP contribution in [0.15, 0.2) is 30.5 Å². The molecule has 3 nitrogen and oxygen atoms in total. The van der Waals surface area contributed by atoms with Crippen molar-refractivity contribution in [2.45, 2.75) is 6.42 Å². The predicted octanol–water partition coefficient (Wildman–Crippen LogP) is 2.18. The average molecular weight is 205 g/mol. The number of hydrogen-bond acceptors (Lipinski definition) is 2. The number of anilines is 1. The third kappa shape index (κ3) is 2.34. The Hall–Kier alpha value is -1.84. The summed E-state index contributed by atoms with van der Waals surface area (Å²) in [6.45, 7) is 0. The van der Waals surface area contributed by atoms with Gasteiger partial charge in [-0.05, 0) is 17.7 Å². The molecule has 0 aliphatic rings. The van der Waals surface area contributed by atoms with Crippen LogP contribution < -0.4 is 5.32 Å². The molecule has 0 atom stereocenters. The van der Waals surface area contributed by atoms with E-state index in [-0.39, 0.29) is 5.82 Å². The van der Waals surface area contributed by atoms with Gasteiger partial charge in [-0.25, -0.2) is 9.37 Å². The fraction of sp³-hybridized carbons (Fsp3) is 0.182. The zero-order valence-electron chi connectivity index (χ0n) is 8.42. The van der Waals surface area contributed by atoms with E-state index in [9.17, 15) is 4.39 Å². The van der Waals surface area contributed by atoms with Crippen LogP contribution in [-0.4, -0.2) is 17.0 Å². The van der Waals surface area contributed by atoms with E-state index < -0.39 is 0 Å². The maximum Gasteiger partial charge on any atom is 0.200 e. The zero-order valence-corrected chi connectivity index (χ0v) is 8.42. The Morgan fingerprint density at radius 3 is 3.00 bits per heavy atom. The Labute approximate surface area is 87.4 Å². The van der Waals surface area contributed by atoms with E-state index in [2.05, 4.69) is 15.3 Å². The molecule has 2 rings (SSSR count). The molecule has 1 aromatic heterocycles. The Bertz CT molecular complexity index is 451.